The Morgan fingerprint density at radius 3 is 2.78 bits per heavy atom. The van der Waals surface area contributed by atoms with E-state index in [0.29, 0.717) is 6.04 Å². The molecule has 0 radical (unpaired) electrons. The molecule has 1 fully saturated rings. The van der Waals surface area contributed by atoms with Crippen molar-refractivity contribution in [1.29, 1.82) is 0 Å². The summed E-state index contributed by atoms with van der Waals surface area (Å²) >= 11 is 3.92. The van der Waals surface area contributed by atoms with Crippen LogP contribution in [0.4, 0.5) is 0 Å². The highest BCUT2D eigenvalue weighted by atomic mass is 32.2. The van der Waals surface area contributed by atoms with Crippen molar-refractivity contribution >= 4 is 23.1 Å². The number of thiophene rings is 1. The highest BCUT2D eigenvalue weighted by Gasteiger charge is 2.42. The zero-order valence-corrected chi connectivity index (χ0v) is 13.2. The molecule has 2 nitrogen and oxygen atoms in total. The molecule has 2 heterocycles. The SMILES string of the molecule is CC1CC(CN)(N(Cc2cccs2)C(C)C)CS1. The molecule has 0 spiro atoms. The van der Waals surface area contributed by atoms with E-state index >= 15 is 0 Å². The smallest absolute Gasteiger partial charge is 0.0438 e. The second kappa shape index (κ2) is 5.95. The van der Waals surface area contributed by atoms with Gasteiger partial charge in [-0.05, 0) is 31.7 Å². The van der Waals surface area contributed by atoms with Gasteiger partial charge in [0.1, 0.15) is 0 Å². The van der Waals surface area contributed by atoms with Crippen molar-refractivity contribution in [2.24, 2.45) is 5.73 Å². The predicted molar refractivity (Wildman–Crippen MR) is 83.3 cm³/mol. The zero-order chi connectivity index (χ0) is 13.2. The molecule has 1 aliphatic rings. The molecule has 0 aromatic carbocycles. The topological polar surface area (TPSA) is 29.3 Å². The summed E-state index contributed by atoms with van der Waals surface area (Å²) in [5, 5.41) is 2.90. The fraction of sp³-hybridized carbons (Fsp3) is 0.714. The van der Waals surface area contributed by atoms with Gasteiger partial charge in [0, 0.05) is 40.6 Å². The van der Waals surface area contributed by atoms with Crippen LogP contribution in [0.25, 0.3) is 0 Å². The molecule has 1 saturated heterocycles. The lowest BCUT2D eigenvalue weighted by molar-refractivity contribution is 0.0707. The van der Waals surface area contributed by atoms with Crippen LogP contribution in [0, 0.1) is 0 Å². The summed E-state index contributed by atoms with van der Waals surface area (Å²) in [6.45, 7) is 8.72. The van der Waals surface area contributed by atoms with Crippen LogP contribution in [0.1, 0.15) is 32.1 Å². The quantitative estimate of drug-likeness (QED) is 0.900. The van der Waals surface area contributed by atoms with Crippen LogP contribution in [0.5, 0.6) is 0 Å². The number of nitrogens with zero attached hydrogens (tertiary/aromatic N) is 1. The summed E-state index contributed by atoms with van der Waals surface area (Å²) < 4.78 is 0. The van der Waals surface area contributed by atoms with Crippen molar-refractivity contribution < 1.29 is 0 Å². The van der Waals surface area contributed by atoms with E-state index in [-0.39, 0.29) is 5.54 Å². The van der Waals surface area contributed by atoms with E-state index in [1.54, 1.807) is 0 Å². The maximum atomic E-state index is 6.15. The van der Waals surface area contributed by atoms with Crippen LogP contribution < -0.4 is 5.73 Å². The molecule has 0 saturated carbocycles. The minimum Gasteiger partial charge on any atom is -0.329 e. The van der Waals surface area contributed by atoms with Gasteiger partial charge in [0.15, 0.2) is 0 Å². The van der Waals surface area contributed by atoms with E-state index in [2.05, 4.69) is 54.9 Å². The van der Waals surface area contributed by atoms with Crippen molar-refractivity contribution in [3.63, 3.8) is 0 Å². The van der Waals surface area contributed by atoms with Gasteiger partial charge in [0.05, 0.1) is 0 Å². The summed E-state index contributed by atoms with van der Waals surface area (Å²) in [7, 11) is 0. The van der Waals surface area contributed by atoms with Crippen LogP contribution in [-0.2, 0) is 6.54 Å². The lowest BCUT2D eigenvalue weighted by Gasteiger charge is -2.43. The van der Waals surface area contributed by atoms with Gasteiger partial charge >= 0.3 is 0 Å². The summed E-state index contributed by atoms with van der Waals surface area (Å²) in [6.07, 6.45) is 1.22. The minimum absolute atomic E-state index is 0.197. The zero-order valence-electron chi connectivity index (χ0n) is 11.6. The Morgan fingerprint density at radius 1 is 1.56 bits per heavy atom. The van der Waals surface area contributed by atoms with Crippen LogP contribution in [0.3, 0.4) is 0 Å². The molecule has 0 aliphatic carbocycles. The van der Waals surface area contributed by atoms with Gasteiger partial charge < -0.3 is 5.73 Å². The molecular weight excluding hydrogens is 260 g/mol. The van der Waals surface area contributed by atoms with E-state index in [1.807, 2.05) is 11.3 Å². The molecule has 1 aliphatic heterocycles. The lowest BCUT2D eigenvalue weighted by atomic mass is 9.92. The van der Waals surface area contributed by atoms with Gasteiger partial charge in [0.25, 0.3) is 0 Å². The van der Waals surface area contributed by atoms with Crippen LogP contribution in [0.15, 0.2) is 17.5 Å². The maximum Gasteiger partial charge on any atom is 0.0438 e. The summed E-state index contributed by atoms with van der Waals surface area (Å²) in [5.74, 6) is 1.17. The third kappa shape index (κ3) is 2.93. The van der Waals surface area contributed by atoms with Crippen molar-refractivity contribution in [2.75, 3.05) is 12.3 Å². The Labute approximate surface area is 119 Å². The maximum absolute atomic E-state index is 6.15. The van der Waals surface area contributed by atoms with Crippen LogP contribution in [-0.4, -0.2) is 34.0 Å². The second-order valence-electron chi connectivity index (χ2n) is 5.56. The van der Waals surface area contributed by atoms with Gasteiger partial charge in [-0.15, -0.1) is 11.3 Å². The fourth-order valence-corrected chi connectivity index (χ4v) is 5.01. The Kier molecular flexibility index (Phi) is 4.75. The highest BCUT2D eigenvalue weighted by molar-refractivity contribution is 8.00. The van der Waals surface area contributed by atoms with Crippen molar-refractivity contribution in [3.8, 4) is 0 Å². The molecule has 2 rings (SSSR count). The third-order valence-electron chi connectivity index (χ3n) is 3.82. The molecule has 2 atom stereocenters. The molecule has 2 unspecified atom stereocenters. The Morgan fingerprint density at radius 2 is 2.33 bits per heavy atom. The second-order valence-corrected chi connectivity index (χ2v) is 8.01. The first-order chi connectivity index (χ1) is 8.57. The van der Waals surface area contributed by atoms with Crippen molar-refractivity contribution in [3.05, 3.63) is 22.4 Å². The lowest BCUT2D eigenvalue weighted by Crippen LogP contribution is -2.56. The van der Waals surface area contributed by atoms with Crippen LogP contribution in [0.2, 0.25) is 0 Å². The summed E-state index contributed by atoms with van der Waals surface area (Å²) in [4.78, 5) is 4.07. The first kappa shape index (κ1) is 14.4. The van der Waals surface area contributed by atoms with Gasteiger partial charge in [-0.3, -0.25) is 4.90 Å². The Bertz CT molecular complexity index is 364. The van der Waals surface area contributed by atoms with Gasteiger partial charge in [0.2, 0.25) is 0 Å². The van der Waals surface area contributed by atoms with Crippen molar-refractivity contribution in [1.82, 2.24) is 4.90 Å². The number of nitrogens with two attached hydrogens (primary N) is 1. The van der Waals surface area contributed by atoms with E-state index in [1.165, 1.54) is 17.1 Å². The fourth-order valence-electron chi connectivity index (χ4n) is 2.88. The number of hydrogen-bond acceptors (Lipinski definition) is 4. The average Bonchev–Trinajstić information content (AvgIpc) is 2.95. The summed E-state index contributed by atoms with van der Waals surface area (Å²) in [5.41, 5.74) is 6.34. The van der Waals surface area contributed by atoms with Crippen molar-refractivity contribution in [2.45, 2.75) is 50.6 Å². The molecular formula is C14H24N2S2. The largest absolute Gasteiger partial charge is 0.329 e. The molecule has 102 valence electrons. The van der Waals surface area contributed by atoms with Gasteiger partial charge in [-0.25, -0.2) is 0 Å². The average molecular weight is 284 g/mol. The summed E-state index contributed by atoms with van der Waals surface area (Å²) in [6, 6.07) is 4.91. The normalized spacial score (nSPS) is 28.4. The Balaban J connectivity index is 2.18. The standard InChI is InChI=1S/C14H24N2S2/c1-11(2)16(8-13-5-4-6-17-13)14(9-15)7-12(3)18-10-14/h4-6,11-12H,7-10,15H2,1-3H3. The Hall–Kier alpha value is -0.0300. The van der Waals surface area contributed by atoms with Crippen LogP contribution >= 0.6 is 23.1 Å². The first-order valence-corrected chi connectivity index (χ1v) is 8.61. The third-order valence-corrected chi connectivity index (χ3v) is 6.12. The van der Waals surface area contributed by atoms with E-state index in [0.717, 1.165) is 18.3 Å². The predicted octanol–water partition coefficient (Wildman–Crippen LogP) is 3.18. The molecule has 1 aromatic rings. The minimum atomic E-state index is 0.197. The first-order valence-electron chi connectivity index (χ1n) is 6.68. The molecule has 1 aromatic heterocycles. The van der Waals surface area contributed by atoms with E-state index in [4.69, 9.17) is 5.73 Å². The van der Waals surface area contributed by atoms with E-state index < -0.39 is 0 Å². The van der Waals surface area contributed by atoms with Gasteiger partial charge in [-0.1, -0.05) is 13.0 Å². The highest BCUT2D eigenvalue weighted by Crippen LogP contribution is 2.39. The number of thioether (sulfide) groups is 1. The monoisotopic (exact) mass is 284 g/mol. The molecule has 4 heteroatoms. The van der Waals surface area contributed by atoms with Gasteiger partial charge in [-0.2, -0.15) is 11.8 Å². The number of rotatable bonds is 5. The molecule has 2 N–H and O–H groups in total. The molecule has 0 amide bonds. The molecule has 18 heavy (non-hydrogen) atoms. The van der Waals surface area contributed by atoms with E-state index in [9.17, 15) is 0 Å². The molecule has 0 bridgehead atoms. The number of hydrogen-bond donors (Lipinski definition) is 1.